The number of hydrogen-bond donors (Lipinski definition) is 3. The molecule has 0 saturated carbocycles. The van der Waals surface area contributed by atoms with Crippen molar-refractivity contribution < 1.29 is 4.79 Å². The Hall–Kier alpha value is -1.76. The number of anilines is 1. The Labute approximate surface area is 87.1 Å². The van der Waals surface area contributed by atoms with Gasteiger partial charge in [-0.2, -0.15) is 5.21 Å². The number of rotatable bonds is 6. The Kier molecular flexibility index (Phi) is 3.92. The highest BCUT2D eigenvalue weighted by atomic mass is 16.1. The molecular formula is C8H14N6O. The highest BCUT2D eigenvalue weighted by molar-refractivity contribution is 5.87. The number of H-pyrrole nitrogens is 1. The summed E-state index contributed by atoms with van der Waals surface area (Å²) >= 11 is 0. The van der Waals surface area contributed by atoms with Gasteiger partial charge in [0.25, 0.3) is 5.95 Å². The van der Waals surface area contributed by atoms with Gasteiger partial charge in [-0.15, -0.1) is 11.7 Å². The van der Waals surface area contributed by atoms with E-state index in [0.29, 0.717) is 6.42 Å². The molecule has 15 heavy (non-hydrogen) atoms. The molecule has 0 amide bonds. The first kappa shape index (κ1) is 11.3. The molecule has 0 radical (unpaired) electrons. The fourth-order valence-corrected chi connectivity index (χ4v) is 1.02. The maximum Gasteiger partial charge on any atom is 0.263 e. The number of nitrogens with zero attached hydrogens (tertiary/aromatic N) is 3. The van der Waals surface area contributed by atoms with E-state index < -0.39 is 6.04 Å². The van der Waals surface area contributed by atoms with E-state index in [1.54, 1.807) is 0 Å². The van der Waals surface area contributed by atoms with E-state index in [4.69, 9.17) is 5.73 Å². The third-order valence-corrected chi connectivity index (χ3v) is 1.75. The third-order valence-electron chi connectivity index (χ3n) is 1.75. The monoisotopic (exact) mass is 210 g/mol. The van der Waals surface area contributed by atoms with E-state index in [1.165, 1.54) is 0 Å². The SMILES string of the molecule is C=C(C)CC(N)C(=O)CNc1nn[nH]n1. The van der Waals surface area contributed by atoms with Crippen LogP contribution in [0.2, 0.25) is 0 Å². The van der Waals surface area contributed by atoms with Gasteiger partial charge in [0.05, 0.1) is 12.6 Å². The number of aromatic amines is 1. The molecular weight excluding hydrogens is 196 g/mol. The second kappa shape index (κ2) is 5.20. The van der Waals surface area contributed by atoms with Gasteiger partial charge in [0.15, 0.2) is 5.78 Å². The first-order chi connectivity index (χ1) is 7.09. The minimum Gasteiger partial charge on any atom is -0.344 e. The Morgan fingerprint density at radius 3 is 3.00 bits per heavy atom. The summed E-state index contributed by atoms with van der Waals surface area (Å²) in [6, 6.07) is -0.526. The van der Waals surface area contributed by atoms with Gasteiger partial charge in [0, 0.05) is 0 Å². The molecule has 1 rings (SSSR count). The summed E-state index contributed by atoms with van der Waals surface area (Å²) in [6.45, 7) is 5.62. The Morgan fingerprint density at radius 2 is 2.47 bits per heavy atom. The minimum atomic E-state index is -0.526. The Morgan fingerprint density at radius 1 is 1.73 bits per heavy atom. The second-order valence-electron chi connectivity index (χ2n) is 3.32. The molecule has 0 saturated heterocycles. The molecule has 0 aliphatic rings. The predicted molar refractivity (Wildman–Crippen MR) is 55.1 cm³/mol. The third kappa shape index (κ3) is 3.86. The zero-order valence-corrected chi connectivity index (χ0v) is 8.53. The van der Waals surface area contributed by atoms with Crippen LogP contribution in [0.25, 0.3) is 0 Å². The van der Waals surface area contributed by atoms with Crippen molar-refractivity contribution in [2.24, 2.45) is 5.73 Å². The molecule has 0 fully saturated rings. The molecule has 0 bridgehead atoms. The van der Waals surface area contributed by atoms with Crippen LogP contribution in [-0.4, -0.2) is 39.0 Å². The van der Waals surface area contributed by atoms with Gasteiger partial charge in [-0.25, -0.2) is 0 Å². The van der Waals surface area contributed by atoms with Gasteiger partial charge in [0.2, 0.25) is 0 Å². The van der Waals surface area contributed by atoms with Crippen molar-refractivity contribution in [3.05, 3.63) is 12.2 Å². The largest absolute Gasteiger partial charge is 0.344 e. The molecule has 1 heterocycles. The van der Waals surface area contributed by atoms with Crippen molar-refractivity contribution in [1.29, 1.82) is 0 Å². The molecule has 0 aliphatic heterocycles. The molecule has 7 heteroatoms. The molecule has 4 N–H and O–H groups in total. The summed E-state index contributed by atoms with van der Waals surface area (Å²) in [5.74, 6) is 0.175. The lowest BCUT2D eigenvalue weighted by atomic mass is 10.1. The normalized spacial score (nSPS) is 12.1. The molecule has 1 atom stereocenters. The number of Topliss-reactive ketones (excluding diaryl/α,β-unsaturated/α-hetero) is 1. The van der Waals surface area contributed by atoms with E-state index in [0.717, 1.165) is 5.57 Å². The maximum atomic E-state index is 11.5. The smallest absolute Gasteiger partial charge is 0.263 e. The maximum absolute atomic E-state index is 11.5. The summed E-state index contributed by atoms with van der Waals surface area (Å²) in [7, 11) is 0. The average molecular weight is 210 g/mol. The summed E-state index contributed by atoms with van der Waals surface area (Å²) in [5.41, 5.74) is 6.53. The summed E-state index contributed by atoms with van der Waals surface area (Å²) in [5, 5.41) is 15.6. The molecule has 1 unspecified atom stereocenters. The molecule has 1 aromatic heterocycles. The number of carbonyl (C=O) groups is 1. The number of carbonyl (C=O) groups excluding carboxylic acids is 1. The van der Waals surface area contributed by atoms with E-state index in [9.17, 15) is 4.79 Å². The minimum absolute atomic E-state index is 0.0912. The van der Waals surface area contributed by atoms with Crippen LogP contribution in [-0.2, 0) is 4.79 Å². The van der Waals surface area contributed by atoms with Gasteiger partial charge >= 0.3 is 0 Å². The summed E-state index contributed by atoms with van der Waals surface area (Å²) < 4.78 is 0. The van der Waals surface area contributed by atoms with Crippen molar-refractivity contribution >= 4 is 11.7 Å². The Balaban J connectivity index is 2.32. The van der Waals surface area contributed by atoms with Crippen LogP contribution in [0.4, 0.5) is 5.95 Å². The highest BCUT2D eigenvalue weighted by Crippen LogP contribution is 2.01. The molecule has 0 aliphatic carbocycles. The van der Waals surface area contributed by atoms with E-state index >= 15 is 0 Å². The number of nitrogens with one attached hydrogen (secondary N) is 2. The van der Waals surface area contributed by atoms with Crippen molar-refractivity contribution in [2.75, 3.05) is 11.9 Å². The summed E-state index contributed by atoms with van der Waals surface area (Å²) in [4.78, 5) is 11.5. The summed E-state index contributed by atoms with van der Waals surface area (Å²) in [6.07, 6.45) is 0.493. The Bertz CT molecular complexity index is 333. The van der Waals surface area contributed by atoms with Crippen molar-refractivity contribution in [3.63, 3.8) is 0 Å². The van der Waals surface area contributed by atoms with E-state index in [1.807, 2.05) is 6.92 Å². The lowest BCUT2D eigenvalue weighted by Crippen LogP contribution is -2.35. The van der Waals surface area contributed by atoms with Gasteiger partial charge in [0.1, 0.15) is 0 Å². The van der Waals surface area contributed by atoms with Gasteiger partial charge in [-0.3, -0.25) is 4.79 Å². The van der Waals surface area contributed by atoms with Crippen LogP contribution in [0.1, 0.15) is 13.3 Å². The first-order valence-electron chi connectivity index (χ1n) is 4.49. The van der Waals surface area contributed by atoms with Gasteiger partial charge < -0.3 is 11.1 Å². The van der Waals surface area contributed by atoms with Crippen LogP contribution >= 0.6 is 0 Å². The van der Waals surface area contributed by atoms with Crippen LogP contribution in [0.5, 0.6) is 0 Å². The van der Waals surface area contributed by atoms with E-state index in [-0.39, 0.29) is 18.3 Å². The average Bonchev–Trinajstić information content (AvgIpc) is 2.65. The van der Waals surface area contributed by atoms with Crippen molar-refractivity contribution in [2.45, 2.75) is 19.4 Å². The molecule has 7 nitrogen and oxygen atoms in total. The van der Waals surface area contributed by atoms with Gasteiger partial charge in [-0.1, -0.05) is 10.7 Å². The van der Waals surface area contributed by atoms with Crippen LogP contribution < -0.4 is 11.1 Å². The molecule has 1 aromatic rings. The molecule has 0 aromatic carbocycles. The fraction of sp³-hybridized carbons (Fsp3) is 0.500. The predicted octanol–water partition coefficient (Wildman–Crippen LogP) is -0.526. The number of hydrogen-bond acceptors (Lipinski definition) is 6. The first-order valence-corrected chi connectivity index (χ1v) is 4.49. The van der Waals surface area contributed by atoms with Crippen LogP contribution in [0, 0.1) is 0 Å². The second-order valence-corrected chi connectivity index (χ2v) is 3.32. The van der Waals surface area contributed by atoms with E-state index in [2.05, 4.69) is 32.5 Å². The lowest BCUT2D eigenvalue weighted by Gasteiger charge is -2.09. The number of aromatic nitrogens is 4. The van der Waals surface area contributed by atoms with Crippen molar-refractivity contribution in [3.8, 4) is 0 Å². The topological polar surface area (TPSA) is 110 Å². The number of nitrogens with two attached hydrogens (primary N) is 1. The van der Waals surface area contributed by atoms with Gasteiger partial charge in [-0.05, 0) is 18.6 Å². The van der Waals surface area contributed by atoms with Crippen LogP contribution in [0.15, 0.2) is 12.2 Å². The number of ketones is 1. The lowest BCUT2D eigenvalue weighted by molar-refractivity contribution is -0.118. The standard InChI is InChI=1S/C8H14N6O/c1-5(2)3-6(9)7(15)4-10-8-11-13-14-12-8/h6H,1,3-4,9H2,2H3,(H2,10,11,12,13,14). The highest BCUT2D eigenvalue weighted by Gasteiger charge is 2.13. The fourth-order valence-electron chi connectivity index (χ4n) is 1.02. The molecule has 82 valence electrons. The van der Waals surface area contributed by atoms with Crippen LogP contribution in [0.3, 0.4) is 0 Å². The quantitative estimate of drug-likeness (QED) is 0.545. The number of tetrazole rings is 1. The zero-order chi connectivity index (χ0) is 11.3. The van der Waals surface area contributed by atoms with Crippen molar-refractivity contribution in [1.82, 2.24) is 20.6 Å². The zero-order valence-electron chi connectivity index (χ0n) is 8.53. The molecule has 0 spiro atoms.